The van der Waals surface area contributed by atoms with Gasteiger partial charge >= 0.3 is 0 Å². The number of aromatic nitrogens is 1. The Balaban J connectivity index is 1.97. The van der Waals surface area contributed by atoms with E-state index in [1.807, 2.05) is 38.1 Å². The van der Waals surface area contributed by atoms with Gasteiger partial charge in [0.25, 0.3) is 5.91 Å². The number of carbonyl (C=O) groups excluding carboxylic acids is 1. The van der Waals surface area contributed by atoms with Crippen LogP contribution in [-0.2, 0) is 0 Å². The maximum atomic E-state index is 13.2. The van der Waals surface area contributed by atoms with E-state index in [-0.39, 0.29) is 11.7 Å². The summed E-state index contributed by atoms with van der Waals surface area (Å²) in [6, 6.07) is 11.7. The minimum absolute atomic E-state index is 0.169. The van der Waals surface area contributed by atoms with Crippen LogP contribution in [0.15, 0.2) is 42.5 Å². The second-order valence-electron chi connectivity index (χ2n) is 6.23. The van der Waals surface area contributed by atoms with Gasteiger partial charge in [-0.05, 0) is 63.0 Å². The number of fused-ring (bicyclic) bond motifs is 1. The molecular weight excluding hydrogens is 337 g/mol. The van der Waals surface area contributed by atoms with Crippen LogP contribution in [-0.4, -0.2) is 43.0 Å². The van der Waals surface area contributed by atoms with Crippen molar-refractivity contribution < 1.29 is 9.18 Å². The molecule has 0 aliphatic rings. The number of nitrogens with zero attached hydrogens (tertiary/aromatic N) is 3. The lowest BCUT2D eigenvalue weighted by Gasteiger charge is -2.22. The highest BCUT2D eigenvalue weighted by Gasteiger charge is 2.21. The number of benzene rings is 2. The van der Waals surface area contributed by atoms with Gasteiger partial charge in [-0.2, -0.15) is 0 Å². The number of amides is 1. The van der Waals surface area contributed by atoms with Gasteiger partial charge in [-0.1, -0.05) is 17.4 Å². The van der Waals surface area contributed by atoms with Gasteiger partial charge < -0.3 is 4.90 Å². The molecule has 130 valence electrons. The smallest absolute Gasteiger partial charge is 0.260 e. The summed E-state index contributed by atoms with van der Waals surface area (Å²) in [6.45, 7) is 3.26. The van der Waals surface area contributed by atoms with Crippen LogP contribution >= 0.6 is 11.3 Å². The number of anilines is 1. The predicted molar refractivity (Wildman–Crippen MR) is 101 cm³/mol. The average Bonchev–Trinajstić information content (AvgIpc) is 2.98. The van der Waals surface area contributed by atoms with E-state index in [1.54, 1.807) is 4.90 Å². The summed E-state index contributed by atoms with van der Waals surface area (Å²) in [6.07, 6.45) is 0. The van der Waals surface area contributed by atoms with E-state index >= 15 is 0 Å². The Morgan fingerprint density at radius 3 is 2.52 bits per heavy atom. The summed E-state index contributed by atoms with van der Waals surface area (Å²) in [5, 5.41) is 0.664. The second-order valence-corrected chi connectivity index (χ2v) is 7.24. The van der Waals surface area contributed by atoms with Gasteiger partial charge in [0.1, 0.15) is 5.82 Å². The van der Waals surface area contributed by atoms with Crippen LogP contribution < -0.4 is 4.90 Å². The first-order valence-corrected chi connectivity index (χ1v) is 8.85. The Bertz CT molecular complexity index is 889. The Morgan fingerprint density at radius 2 is 1.84 bits per heavy atom. The zero-order valence-electron chi connectivity index (χ0n) is 14.5. The number of aryl methyl sites for hydroxylation is 1. The van der Waals surface area contributed by atoms with E-state index in [1.165, 1.54) is 35.6 Å². The van der Waals surface area contributed by atoms with E-state index in [4.69, 9.17) is 0 Å². The molecule has 0 fully saturated rings. The monoisotopic (exact) mass is 357 g/mol. The van der Waals surface area contributed by atoms with E-state index in [9.17, 15) is 9.18 Å². The molecule has 0 N–H and O–H groups in total. The minimum atomic E-state index is -0.355. The van der Waals surface area contributed by atoms with Crippen molar-refractivity contribution >= 4 is 32.6 Å². The lowest BCUT2D eigenvalue weighted by Crippen LogP contribution is -2.36. The normalized spacial score (nSPS) is 11.2. The fourth-order valence-electron chi connectivity index (χ4n) is 2.47. The van der Waals surface area contributed by atoms with Gasteiger partial charge in [0.15, 0.2) is 5.13 Å². The van der Waals surface area contributed by atoms with Crippen molar-refractivity contribution in [1.29, 1.82) is 0 Å². The van der Waals surface area contributed by atoms with Crippen molar-refractivity contribution in [3.05, 3.63) is 59.4 Å². The molecule has 0 bridgehead atoms. The molecule has 3 rings (SSSR count). The third-order valence-corrected chi connectivity index (χ3v) is 4.91. The summed E-state index contributed by atoms with van der Waals surface area (Å²) in [7, 11) is 3.92. The van der Waals surface area contributed by atoms with Crippen LogP contribution in [0.5, 0.6) is 0 Å². The third-order valence-electron chi connectivity index (χ3n) is 3.87. The van der Waals surface area contributed by atoms with E-state index in [0.717, 1.165) is 15.8 Å². The second kappa shape index (κ2) is 7.29. The molecule has 1 heterocycles. The number of halogens is 1. The summed E-state index contributed by atoms with van der Waals surface area (Å²) < 4.78 is 14.2. The van der Waals surface area contributed by atoms with Crippen molar-refractivity contribution in [1.82, 2.24) is 9.88 Å². The molecule has 2 aromatic carbocycles. The minimum Gasteiger partial charge on any atom is -0.308 e. The van der Waals surface area contributed by atoms with Crippen LogP contribution in [0.1, 0.15) is 15.9 Å². The lowest BCUT2D eigenvalue weighted by atomic mass is 10.2. The summed E-state index contributed by atoms with van der Waals surface area (Å²) >= 11 is 1.50. The Kier molecular flexibility index (Phi) is 5.11. The van der Waals surface area contributed by atoms with Crippen molar-refractivity contribution in [2.24, 2.45) is 0 Å². The quantitative estimate of drug-likeness (QED) is 0.694. The van der Waals surface area contributed by atoms with Gasteiger partial charge in [0.05, 0.1) is 10.2 Å². The highest BCUT2D eigenvalue weighted by molar-refractivity contribution is 7.22. The number of hydrogen-bond acceptors (Lipinski definition) is 4. The molecule has 6 heteroatoms. The maximum Gasteiger partial charge on any atom is 0.260 e. The number of likely N-dealkylation sites (N-methyl/N-ethyl adjacent to an activating group) is 1. The molecule has 0 unspecified atom stereocenters. The average molecular weight is 357 g/mol. The van der Waals surface area contributed by atoms with Gasteiger partial charge in [0.2, 0.25) is 0 Å². The van der Waals surface area contributed by atoms with Crippen molar-refractivity contribution in [3.63, 3.8) is 0 Å². The van der Waals surface area contributed by atoms with Gasteiger partial charge in [-0.15, -0.1) is 0 Å². The van der Waals surface area contributed by atoms with Crippen molar-refractivity contribution in [2.75, 3.05) is 32.1 Å². The van der Waals surface area contributed by atoms with Crippen LogP contribution in [0.4, 0.5) is 9.52 Å². The van der Waals surface area contributed by atoms with Gasteiger partial charge in [-0.3, -0.25) is 9.69 Å². The first-order chi connectivity index (χ1) is 11.9. The number of carbonyl (C=O) groups is 1. The number of rotatable bonds is 5. The molecule has 0 aliphatic heterocycles. The SMILES string of the molecule is Cc1ccc2nc(N(CCN(C)C)C(=O)c3ccc(F)cc3)sc2c1. The van der Waals surface area contributed by atoms with Crippen LogP contribution in [0, 0.1) is 12.7 Å². The molecule has 4 nitrogen and oxygen atoms in total. The van der Waals surface area contributed by atoms with Crippen LogP contribution in [0.2, 0.25) is 0 Å². The zero-order chi connectivity index (χ0) is 18.0. The molecule has 0 atom stereocenters. The Hall–Kier alpha value is -2.31. The summed E-state index contributed by atoms with van der Waals surface area (Å²) in [4.78, 5) is 21.3. The highest BCUT2D eigenvalue weighted by Crippen LogP contribution is 2.30. The molecule has 0 saturated heterocycles. The molecule has 0 aliphatic carbocycles. The van der Waals surface area contributed by atoms with E-state index in [0.29, 0.717) is 23.8 Å². The molecular formula is C19H20FN3OS. The molecule has 1 amide bonds. The van der Waals surface area contributed by atoms with Gasteiger partial charge in [0, 0.05) is 18.7 Å². The van der Waals surface area contributed by atoms with Crippen LogP contribution in [0.25, 0.3) is 10.2 Å². The predicted octanol–water partition coefficient (Wildman–Crippen LogP) is 3.95. The first-order valence-electron chi connectivity index (χ1n) is 8.03. The Morgan fingerprint density at radius 1 is 1.12 bits per heavy atom. The molecule has 0 radical (unpaired) electrons. The third kappa shape index (κ3) is 4.03. The largest absolute Gasteiger partial charge is 0.308 e. The van der Waals surface area contributed by atoms with E-state index < -0.39 is 0 Å². The maximum absolute atomic E-state index is 13.2. The fourth-order valence-corrected chi connectivity index (χ4v) is 3.56. The van der Waals surface area contributed by atoms with Gasteiger partial charge in [-0.25, -0.2) is 9.37 Å². The number of hydrogen-bond donors (Lipinski definition) is 0. The standard InChI is InChI=1S/C19H20FN3OS/c1-13-4-9-16-17(12-13)25-19(21-16)23(11-10-22(2)3)18(24)14-5-7-15(20)8-6-14/h4-9,12H,10-11H2,1-3H3. The summed E-state index contributed by atoms with van der Waals surface area (Å²) in [5.74, 6) is -0.524. The van der Waals surface area contributed by atoms with Crippen LogP contribution in [0.3, 0.4) is 0 Å². The molecule has 3 aromatic rings. The summed E-state index contributed by atoms with van der Waals surface area (Å²) in [5.41, 5.74) is 2.50. The number of thiazole rings is 1. The highest BCUT2D eigenvalue weighted by atomic mass is 32.1. The Labute approximate surface area is 150 Å². The molecule has 25 heavy (non-hydrogen) atoms. The fraction of sp³-hybridized carbons (Fsp3) is 0.263. The van der Waals surface area contributed by atoms with Crippen molar-refractivity contribution in [3.8, 4) is 0 Å². The molecule has 1 aromatic heterocycles. The molecule has 0 spiro atoms. The van der Waals surface area contributed by atoms with Crippen molar-refractivity contribution in [2.45, 2.75) is 6.92 Å². The van der Waals surface area contributed by atoms with E-state index in [2.05, 4.69) is 11.1 Å². The zero-order valence-corrected chi connectivity index (χ0v) is 15.3. The first kappa shape index (κ1) is 17.5. The molecule has 0 saturated carbocycles. The topological polar surface area (TPSA) is 36.4 Å². The lowest BCUT2D eigenvalue weighted by molar-refractivity contribution is 0.0985.